The van der Waals surface area contributed by atoms with Crippen LogP contribution in [0.1, 0.15) is 59.8 Å². The number of rotatable bonds is 5. The lowest BCUT2D eigenvalue weighted by molar-refractivity contribution is -0.163. The van der Waals surface area contributed by atoms with E-state index in [2.05, 4.69) is 20.8 Å². The molecule has 0 bridgehead atoms. The fourth-order valence-electron chi connectivity index (χ4n) is 2.83. The number of nitrogens with two attached hydrogens (primary N) is 1. The average Bonchev–Trinajstić information content (AvgIpc) is 2.29. The Hall–Kier alpha value is -0.570. The van der Waals surface area contributed by atoms with Crippen LogP contribution in [0.4, 0.5) is 0 Å². The van der Waals surface area contributed by atoms with Crippen LogP contribution in [0.2, 0.25) is 0 Å². The third-order valence-corrected chi connectivity index (χ3v) is 4.17. The molecule has 0 saturated heterocycles. The van der Waals surface area contributed by atoms with E-state index in [-0.39, 0.29) is 12.1 Å². The van der Waals surface area contributed by atoms with Gasteiger partial charge in [-0.15, -0.1) is 0 Å². The van der Waals surface area contributed by atoms with Crippen molar-refractivity contribution < 1.29 is 9.53 Å². The molecule has 0 radical (unpaired) electrons. The molecule has 0 aliphatic heterocycles. The molecule has 1 aliphatic rings. The second-order valence-electron chi connectivity index (χ2n) is 6.51. The number of ether oxygens (including phenoxy) is 1. The van der Waals surface area contributed by atoms with Crippen molar-refractivity contribution in [3.8, 4) is 0 Å². The summed E-state index contributed by atoms with van der Waals surface area (Å²) in [6.45, 7) is 8.93. The molecule has 106 valence electrons. The van der Waals surface area contributed by atoms with Crippen molar-refractivity contribution in [3.63, 3.8) is 0 Å². The molecule has 0 aromatic carbocycles. The highest BCUT2D eigenvalue weighted by Gasteiger charge is 2.41. The lowest BCUT2D eigenvalue weighted by atomic mass is 9.71. The quantitative estimate of drug-likeness (QED) is 0.768. The zero-order valence-electron chi connectivity index (χ0n) is 12.4. The van der Waals surface area contributed by atoms with Gasteiger partial charge in [0.1, 0.15) is 0 Å². The molecular weight excluding hydrogens is 226 g/mol. The van der Waals surface area contributed by atoms with Gasteiger partial charge in [-0.25, -0.2) is 0 Å². The highest BCUT2D eigenvalue weighted by atomic mass is 16.5. The minimum Gasteiger partial charge on any atom is -0.462 e. The molecule has 2 N–H and O–H groups in total. The molecule has 1 unspecified atom stereocenters. The number of carbonyl (C=O) groups excluding carboxylic acids is 1. The molecule has 0 amide bonds. The molecule has 1 fully saturated rings. The molecule has 1 atom stereocenters. The van der Waals surface area contributed by atoms with Gasteiger partial charge in [0.15, 0.2) is 0 Å². The topological polar surface area (TPSA) is 52.3 Å². The van der Waals surface area contributed by atoms with E-state index < -0.39 is 5.41 Å². The molecule has 3 heteroatoms. The Morgan fingerprint density at radius 2 is 1.89 bits per heavy atom. The summed E-state index contributed by atoms with van der Waals surface area (Å²) in [6, 6.07) is 0. The third kappa shape index (κ3) is 3.98. The Kier molecular flexibility index (Phi) is 5.64. The van der Waals surface area contributed by atoms with Crippen molar-refractivity contribution >= 4 is 5.97 Å². The Balaban J connectivity index is 2.57. The molecule has 0 aromatic rings. The number of carbonyl (C=O) groups is 1. The number of hydrogen-bond acceptors (Lipinski definition) is 3. The van der Waals surface area contributed by atoms with Crippen molar-refractivity contribution in [3.05, 3.63) is 0 Å². The molecule has 1 aliphatic carbocycles. The maximum absolute atomic E-state index is 12.3. The molecular formula is C15H29NO2. The summed E-state index contributed by atoms with van der Waals surface area (Å²) >= 11 is 0. The number of hydrogen-bond donors (Lipinski definition) is 1. The summed E-state index contributed by atoms with van der Waals surface area (Å²) in [4.78, 5) is 12.3. The first-order chi connectivity index (χ1) is 8.39. The van der Waals surface area contributed by atoms with Crippen LogP contribution in [-0.4, -0.2) is 18.6 Å². The average molecular weight is 255 g/mol. The van der Waals surface area contributed by atoms with Crippen molar-refractivity contribution in [2.24, 2.45) is 23.0 Å². The van der Waals surface area contributed by atoms with Crippen molar-refractivity contribution in [1.29, 1.82) is 0 Å². The van der Waals surface area contributed by atoms with E-state index in [9.17, 15) is 4.79 Å². The molecule has 0 aromatic heterocycles. The van der Waals surface area contributed by atoms with Gasteiger partial charge in [0.05, 0.1) is 11.5 Å². The van der Waals surface area contributed by atoms with Gasteiger partial charge in [-0.2, -0.15) is 0 Å². The van der Waals surface area contributed by atoms with Crippen LogP contribution < -0.4 is 5.73 Å². The molecule has 1 saturated carbocycles. The zero-order valence-corrected chi connectivity index (χ0v) is 12.4. The fourth-order valence-corrected chi connectivity index (χ4v) is 2.83. The Morgan fingerprint density at radius 3 is 2.33 bits per heavy atom. The van der Waals surface area contributed by atoms with E-state index in [1.165, 1.54) is 0 Å². The standard InChI is InChI=1S/C15H29NO2/c1-11(2)9-13(4)18-14(17)15(10-16)7-5-12(3)6-8-15/h11-13H,5-10,16H2,1-4H3. The lowest BCUT2D eigenvalue weighted by Gasteiger charge is -2.37. The fraction of sp³-hybridized carbons (Fsp3) is 0.933. The highest BCUT2D eigenvalue weighted by Crippen LogP contribution is 2.39. The Morgan fingerprint density at radius 1 is 1.33 bits per heavy atom. The third-order valence-electron chi connectivity index (χ3n) is 4.17. The van der Waals surface area contributed by atoms with Crippen LogP contribution in [0.3, 0.4) is 0 Å². The maximum Gasteiger partial charge on any atom is 0.313 e. The van der Waals surface area contributed by atoms with E-state index in [1.807, 2.05) is 6.92 Å². The van der Waals surface area contributed by atoms with Gasteiger partial charge in [0.25, 0.3) is 0 Å². The summed E-state index contributed by atoms with van der Waals surface area (Å²) < 4.78 is 5.61. The minimum absolute atomic E-state index is 0.000255. The summed E-state index contributed by atoms with van der Waals surface area (Å²) in [5.74, 6) is 1.20. The smallest absolute Gasteiger partial charge is 0.313 e. The SMILES string of the molecule is CC(C)CC(C)OC(=O)C1(CN)CCC(C)CC1. The molecule has 0 spiro atoms. The van der Waals surface area contributed by atoms with Gasteiger partial charge in [-0.05, 0) is 50.9 Å². The van der Waals surface area contributed by atoms with Crippen LogP contribution in [0.25, 0.3) is 0 Å². The van der Waals surface area contributed by atoms with Gasteiger partial charge in [-0.3, -0.25) is 4.79 Å². The van der Waals surface area contributed by atoms with Crippen LogP contribution in [-0.2, 0) is 9.53 Å². The lowest BCUT2D eigenvalue weighted by Crippen LogP contribution is -2.43. The van der Waals surface area contributed by atoms with E-state index in [0.29, 0.717) is 18.4 Å². The van der Waals surface area contributed by atoms with Crippen LogP contribution >= 0.6 is 0 Å². The summed E-state index contributed by atoms with van der Waals surface area (Å²) in [5, 5.41) is 0. The molecule has 18 heavy (non-hydrogen) atoms. The predicted octanol–water partition coefficient (Wildman–Crippen LogP) is 3.12. The first-order valence-corrected chi connectivity index (χ1v) is 7.31. The first kappa shape index (κ1) is 15.5. The van der Waals surface area contributed by atoms with E-state index >= 15 is 0 Å². The van der Waals surface area contributed by atoms with E-state index in [4.69, 9.17) is 10.5 Å². The van der Waals surface area contributed by atoms with Gasteiger partial charge >= 0.3 is 5.97 Å². The molecule has 3 nitrogen and oxygen atoms in total. The van der Waals surface area contributed by atoms with Crippen LogP contribution in [0.15, 0.2) is 0 Å². The van der Waals surface area contributed by atoms with Gasteiger partial charge in [-0.1, -0.05) is 20.8 Å². The zero-order chi connectivity index (χ0) is 13.8. The van der Waals surface area contributed by atoms with Crippen LogP contribution in [0.5, 0.6) is 0 Å². The Labute approximate surface area is 111 Å². The summed E-state index contributed by atoms with van der Waals surface area (Å²) in [6.07, 6.45) is 4.87. The number of esters is 1. The van der Waals surface area contributed by atoms with Crippen molar-refractivity contribution in [2.45, 2.75) is 65.9 Å². The summed E-state index contributed by atoms with van der Waals surface area (Å²) in [7, 11) is 0. The van der Waals surface area contributed by atoms with Crippen molar-refractivity contribution in [1.82, 2.24) is 0 Å². The van der Waals surface area contributed by atoms with E-state index in [0.717, 1.165) is 32.1 Å². The second-order valence-corrected chi connectivity index (χ2v) is 6.51. The van der Waals surface area contributed by atoms with Crippen LogP contribution in [0, 0.1) is 17.3 Å². The predicted molar refractivity (Wildman–Crippen MR) is 74.1 cm³/mol. The molecule has 0 heterocycles. The van der Waals surface area contributed by atoms with Crippen molar-refractivity contribution in [2.75, 3.05) is 6.54 Å². The normalized spacial score (nSPS) is 30.2. The first-order valence-electron chi connectivity index (χ1n) is 7.31. The minimum atomic E-state index is -0.405. The van der Waals surface area contributed by atoms with Gasteiger partial charge < -0.3 is 10.5 Å². The molecule has 1 rings (SSSR count). The van der Waals surface area contributed by atoms with Gasteiger partial charge in [0, 0.05) is 6.54 Å². The summed E-state index contributed by atoms with van der Waals surface area (Å²) in [5.41, 5.74) is 5.46. The van der Waals surface area contributed by atoms with E-state index in [1.54, 1.807) is 0 Å². The monoisotopic (exact) mass is 255 g/mol. The van der Waals surface area contributed by atoms with Gasteiger partial charge in [0.2, 0.25) is 0 Å². The maximum atomic E-state index is 12.3. The second kappa shape index (κ2) is 6.55. The highest BCUT2D eigenvalue weighted by molar-refractivity contribution is 5.77. The largest absolute Gasteiger partial charge is 0.462 e. The Bertz CT molecular complexity index is 268.